The molecule has 0 aromatic rings. The van der Waals surface area contributed by atoms with Gasteiger partial charge in [-0.05, 0) is 51.6 Å². The first kappa shape index (κ1) is 10.1. The molecule has 1 saturated heterocycles. The predicted octanol–water partition coefficient (Wildman–Crippen LogP) is 0.409. The monoisotopic (exact) mass is 197 g/mol. The molecule has 1 heterocycles. The van der Waals surface area contributed by atoms with Crippen molar-refractivity contribution in [3.8, 4) is 0 Å². The third-order valence-electron chi connectivity index (χ3n) is 3.81. The summed E-state index contributed by atoms with van der Waals surface area (Å²) < 4.78 is 0. The zero-order valence-electron chi connectivity index (χ0n) is 8.87. The Morgan fingerprint density at radius 1 is 1.07 bits per heavy atom. The van der Waals surface area contributed by atoms with Gasteiger partial charge in [-0.2, -0.15) is 0 Å². The molecule has 1 saturated carbocycles. The first-order chi connectivity index (χ1) is 6.77. The number of carbonyl (C=O) groups excluding carboxylic acids is 1. The Morgan fingerprint density at radius 2 is 1.64 bits per heavy atom. The third-order valence-corrected chi connectivity index (χ3v) is 3.81. The van der Waals surface area contributed by atoms with Gasteiger partial charge in [-0.1, -0.05) is 0 Å². The van der Waals surface area contributed by atoms with Crippen LogP contribution in [0.1, 0.15) is 38.5 Å². The van der Waals surface area contributed by atoms with Gasteiger partial charge >= 0.3 is 5.91 Å². The van der Waals surface area contributed by atoms with Crippen LogP contribution in [0.2, 0.25) is 0 Å². The number of hydrogen-bond acceptors (Lipinski definition) is 2. The van der Waals surface area contributed by atoms with Crippen LogP contribution in [0.4, 0.5) is 0 Å². The van der Waals surface area contributed by atoms with Gasteiger partial charge in [0.1, 0.15) is 0 Å². The van der Waals surface area contributed by atoms with Gasteiger partial charge in [0.05, 0.1) is 5.92 Å². The van der Waals surface area contributed by atoms with Crippen LogP contribution in [0.15, 0.2) is 0 Å². The summed E-state index contributed by atoms with van der Waals surface area (Å²) in [5.41, 5.74) is 3.53. The molecule has 0 radical (unpaired) electrons. The van der Waals surface area contributed by atoms with E-state index in [1.54, 1.807) is 0 Å². The molecule has 0 spiro atoms. The van der Waals surface area contributed by atoms with Crippen LogP contribution < -0.4 is 5.73 Å². The van der Waals surface area contributed by atoms with Crippen LogP contribution in [-0.4, -0.2) is 29.9 Å². The Morgan fingerprint density at radius 3 is 2.14 bits per heavy atom. The zero-order valence-corrected chi connectivity index (χ0v) is 8.87. The highest BCUT2D eigenvalue weighted by atomic mass is 16.1. The highest BCUT2D eigenvalue weighted by Crippen LogP contribution is 2.28. The molecule has 14 heavy (non-hydrogen) atoms. The fraction of sp³-hybridized carbons (Fsp3) is 0.909. The summed E-state index contributed by atoms with van der Waals surface area (Å²) in [6.45, 7) is 2.57. The Bertz CT molecular complexity index is 203. The van der Waals surface area contributed by atoms with Gasteiger partial charge in [-0.25, -0.2) is 4.79 Å². The maximum absolute atomic E-state index is 11.1. The summed E-state index contributed by atoms with van der Waals surface area (Å²) in [5.74, 6) is 0.429. The van der Waals surface area contributed by atoms with Crippen molar-refractivity contribution < 1.29 is 10.5 Å². The summed E-state index contributed by atoms with van der Waals surface area (Å²) in [4.78, 5) is 13.7. The number of likely N-dealkylation sites (tertiary alicyclic amines) is 1. The van der Waals surface area contributed by atoms with Gasteiger partial charge in [-0.15, -0.1) is 0 Å². The van der Waals surface area contributed by atoms with Crippen molar-refractivity contribution in [3.05, 3.63) is 0 Å². The zero-order chi connectivity index (χ0) is 9.97. The average molecular weight is 197 g/mol. The molecule has 1 amide bonds. The molecule has 0 aromatic heterocycles. The second kappa shape index (κ2) is 4.41. The highest BCUT2D eigenvalue weighted by molar-refractivity contribution is 5.67. The SMILES string of the molecule is [NH3+]C(=O)C1CCC(N2CCCC2)CC1. The third kappa shape index (κ3) is 2.15. The van der Waals surface area contributed by atoms with Crippen molar-refractivity contribution in [3.63, 3.8) is 0 Å². The first-order valence-corrected chi connectivity index (χ1v) is 5.87. The number of nitrogens with zero attached hydrogens (tertiary/aromatic N) is 1. The van der Waals surface area contributed by atoms with Crippen molar-refractivity contribution in [1.29, 1.82) is 0 Å². The van der Waals surface area contributed by atoms with E-state index >= 15 is 0 Å². The molecule has 2 rings (SSSR count). The minimum absolute atomic E-state index is 0.157. The molecule has 2 aliphatic rings. The van der Waals surface area contributed by atoms with E-state index in [0.29, 0.717) is 0 Å². The standard InChI is InChI=1S/C11H20N2O/c12-11(14)9-3-5-10(6-4-9)13-7-1-2-8-13/h9-10H,1-8H2,(H2,12,14)/p+1. The van der Waals surface area contributed by atoms with E-state index < -0.39 is 0 Å². The molecule has 2 fully saturated rings. The molecule has 1 aliphatic carbocycles. The van der Waals surface area contributed by atoms with Crippen LogP contribution in [0, 0.1) is 5.92 Å². The molecule has 3 heteroatoms. The van der Waals surface area contributed by atoms with Gasteiger partial charge < -0.3 is 4.90 Å². The van der Waals surface area contributed by atoms with E-state index in [-0.39, 0.29) is 11.8 Å². The van der Waals surface area contributed by atoms with Gasteiger partial charge in [0, 0.05) is 6.04 Å². The van der Waals surface area contributed by atoms with Crippen molar-refractivity contribution in [2.45, 2.75) is 44.6 Å². The fourth-order valence-corrected chi connectivity index (χ4v) is 2.87. The topological polar surface area (TPSA) is 48.0 Å². The summed E-state index contributed by atoms with van der Waals surface area (Å²) in [5, 5.41) is 0. The lowest BCUT2D eigenvalue weighted by atomic mass is 9.85. The Labute approximate surface area is 85.6 Å². The van der Waals surface area contributed by atoms with Gasteiger partial charge in [0.25, 0.3) is 0 Å². The van der Waals surface area contributed by atoms with E-state index in [0.717, 1.165) is 18.9 Å². The highest BCUT2D eigenvalue weighted by Gasteiger charge is 2.30. The average Bonchev–Trinajstić information content (AvgIpc) is 2.71. The minimum Gasteiger partial charge on any atom is -0.300 e. The summed E-state index contributed by atoms with van der Waals surface area (Å²) in [6.07, 6.45) is 7.31. The molecule has 0 aromatic carbocycles. The molecule has 3 nitrogen and oxygen atoms in total. The molecular weight excluding hydrogens is 176 g/mol. The van der Waals surface area contributed by atoms with Crippen molar-refractivity contribution >= 4 is 5.91 Å². The Hall–Kier alpha value is -0.410. The molecule has 0 bridgehead atoms. The van der Waals surface area contributed by atoms with Gasteiger partial charge in [0.15, 0.2) is 0 Å². The van der Waals surface area contributed by atoms with Gasteiger partial charge in [-0.3, -0.25) is 5.73 Å². The van der Waals surface area contributed by atoms with E-state index in [1.165, 1.54) is 38.8 Å². The quantitative estimate of drug-likeness (QED) is 0.697. The Kier molecular flexibility index (Phi) is 3.19. The normalized spacial score (nSPS) is 34.6. The molecule has 0 unspecified atom stereocenters. The second-order valence-electron chi connectivity index (χ2n) is 4.71. The van der Waals surface area contributed by atoms with Crippen molar-refractivity contribution in [2.24, 2.45) is 5.92 Å². The van der Waals surface area contributed by atoms with E-state index in [1.807, 2.05) is 0 Å². The van der Waals surface area contributed by atoms with E-state index in [9.17, 15) is 4.79 Å². The maximum atomic E-state index is 11.1. The molecule has 0 atom stereocenters. The van der Waals surface area contributed by atoms with Crippen LogP contribution in [0.25, 0.3) is 0 Å². The van der Waals surface area contributed by atoms with Crippen LogP contribution >= 0.6 is 0 Å². The van der Waals surface area contributed by atoms with E-state index in [2.05, 4.69) is 10.6 Å². The fourth-order valence-electron chi connectivity index (χ4n) is 2.87. The van der Waals surface area contributed by atoms with Crippen molar-refractivity contribution in [2.75, 3.05) is 13.1 Å². The number of carbonyl (C=O) groups is 1. The van der Waals surface area contributed by atoms with Crippen LogP contribution in [0.5, 0.6) is 0 Å². The van der Waals surface area contributed by atoms with Crippen LogP contribution in [0.3, 0.4) is 0 Å². The lowest BCUT2D eigenvalue weighted by Gasteiger charge is -2.32. The molecular formula is C11H21N2O+. The van der Waals surface area contributed by atoms with Crippen LogP contribution in [-0.2, 0) is 4.79 Å². The minimum atomic E-state index is 0.157. The van der Waals surface area contributed by atoms with Gasteiger partial charge in [0.2, 0.25) is 0 Å². The predicted molar refractivity (Wildman–Crippen MR) is 54.4 cm³/mol. The number of quaternary nitrogens is 1. The number of rotatable bonds is 2. The number of amides is 1. The molecule has 3 N–H and O–H groups in total. The first-order valence-electron chi connectivity index (χ1n) is 5.87. The maximum Gasteiger partial charge on any atom is 0.311 e. The Balaban J connectivity index is 1.80. The van der Waals surface area contributed by atoms with E-state index in [4.69, 9.17) is 0 Å². The largest absolute Gasteiger partial charge is 0.311 e. The summed E-state index contributed by atoms with van der Waals surface area (Å²) in [6, 6.07) is 0.771. The summed E-state index contributed by atoms with van der Waals surface area (Å²) >= 11 is 0. The van der Waals surface area contributed by atoms with Crippen molar-refractivity contribution in [1.82, 2.24) is 4.90 Å². The summed E-state index contributed by atoms with van der Waals surface area (Å²) in [7, 11) is 0. The molecule has 80 valence electrons. The molecule has 1 aliphatic heterocycles. The second-order valence-corrected chi connectivity index (χ2v) is 4.71. The lowest BCUT2D eigenvalue weighted by molar-refractivity contribution is -0.312. The smallest absolute Gasteiger partial charge is 0.300 e. The number of hydrogen-bond donors (Lipinski definition) is 1. The lowest BCUT2D eigenvalue weighted by Crippen LogP contribution is -2.61.